The topological polar surface area (TPSA) is 30.8 Å². The van der Waals surface area contributed by atoms with Gasteiger partial charge in [0.05, 0.1) is 13.5 Å². The zero-order valence-corrected chi connectivity index (χ0v) is 11.6. The summed E-state index contributed by atoms with van der Waals surface area (Å²) in [6.07, 6.45) is -2.56. The molecule has 1 aromatic rings. The largest absolute Gasteiger partial charge is 0.494 e. The van der Waals surface area contributed by atoms with E-state index in [0.717, 1.165) is 6.07 Å². The number of rotatable bonds is 6. The van der Waals surface area contributed by atoms with Gasteiger partial charge in [0, 0.05) is 18.8 Å². The van der Waals surface area contributed by atoms with Crippen molar-refractivity contribution < 1.29 is 27.0 Å². The van der Waals surface area contributed by atoms with E-state index >= 15 is 0 Å². The number of hydrogen-bond donors (Lipinski definition) is 0. The highest BCUT2D eigenvalue weighted by atomic mass is 19.4. The third-order valence-electron chi connectivity index (χ3n) is 2.34. The minimum absolute atomic E-state index is 0.0951. The van der Waals surface area contributed by atoms with Gasteiger partial charge >= 0.3 is 6.18 Å². The van der Waals surface area contributed by atoms with Crippen molar-refractivity contribution in [1.82, 2.24) is 0 Å². The lowest BCUT2D eigenvalue weighted by molar-refractivity contribution is -0.132. The number of nitrogens with zero attached hydrogens (tertiary/aromatic N) is 1. The fourth-order valence-electron chi connectivity index (χ4n) is 1.35. The van der Waals surface area contributed by atoms with Gasteiger partial charge < -0.3 is 9.47 Å². The number of benzene rings is 1. The fraction of sp³-hybridized carbons (Fsp3) is 0.357. The summed E-state index contributed by atoms with van der Waals surface area (Å²) < 4.78 is 59.1. The number of hydrogen-bond acceptors (Lipinski definition) is 3. The Labute approximate surface area is 119 Å². The Morgan fingerprint density at radius 2 is 2.05 bits per heavy atom. The van der Waals surface area contributed by atoms with Crippen LogP contribution in [0.2, 0.25) is 0 Å². The lowest BCUT2D eigenvalue weighted by Gasteiger charge is -2.07. The normalized spacial score (nSPS) is 12.8. The molecule has 0 fully saturated rings. The molecule has 0 saturated carbocycles. The number of halogens is 4. The van der Waals surface area contributed by atoms with Crippen molar-refractivity contribution in [3.63, 3.8) is 0 Å². The molecule has 0 aromatic heterocycles. The van der Waals surface area contributed by atoms with E-state index in [2.05, 4.69) is 4.99 Å². The molecule has 7 heteroatoms. The Balaban J connectivity index is 2.52. The Morgan fingerprint density at radius 3 is 2.62 bits per heavy atom. The van der Waals surface area contributed by atoms with Gasteiger partial charge in [-0.2, -0.15) is 13.2 Å². The van der Waals surface area contributed by atoms with Crippen LogP contribution in [0.15, 0.2) is 35.0 Å². The standard InChI is InChI=1S/C14H15F4NO2/c1-10(5-7-19-8-6-14(16,17)18)21-11-3-4-13(20-2)12(15)9-11/h3-5,7,9H,6,8H2,1-2H3/b10-5+,19-7?. The highest BCUT2D eigenvalue weighted by molar-refractivity contribution is 5.71. The number of aliphatic imine (C=N–C) groups is 1. The van der Waals surface area contributed by atoms with Crippen LogP contribution in [-0.2, 0) is 0 Å². The molecule has 21 heavy (non-hydrogen) atoms. The van der Waals surface area contributed by atoms with E-state index in [1.807, 2.05) is 0 Å². The zero-order chi connectivity index (χ0) is 15.9. The zero-order valence-electron chi connectivity index (χ0n) is 11.6. The molecule has 0 aliphatic heterocycles. The van der Waals surface area contributed by atoms with Gasteiger partial charge in [-0.1, -0.05) is 0 Å². The summed E-state index contributed by atoms with van der Waals surface area (Å²) in [6.45, 7) is 1.24. The van der Waals surface area contributed by atoms with Gasteiger partial charge in [-0.05, 0) is 25.1 Å². The first kappa shape index (κ1) is 17.0. The van der Waals surface area contributed by atoms with E-state index in [9.17, 15) is 17.6 Å². The average Bonchev–Trinajstić information content (AvgIpc) is 2.37. The number of allylic oxidation sites excluding steroid dienone is 2. The molecule has 3 nitrogen and oxygen atoms in total. The number of methoxy groups -OCH3 is 1. The second kappa shape index (κ2) is 7.66. The van der Waals surface area contributed by atoms with Crippen LogP contribution >= 0.6 is 0 Å². The lowest BCUT2D eigenvalue weighted by Crippen LogP contribution is -2.08. The maximum atomic E-state index is 13.4. The molecule has 1 rings (SSSR count). The van der Waals surface area contributed by atoms with Crippen molar-refractivity contribution in [2.24, 2.45) is 4.99 Å². The van der Waals surface area contributed by atoms with Crippen molar-refractivity contribution in [1.29, 1.82) is 0 Å². The molecule has 0 radical (unpaired) electrons. The van der Waals surface area contributed by atoms with Crippen LogP contribution in [0.1, 0.15) is 13.3 Å². The molecule has 0 bridgehead atoms. The van der Waals surface area contributed by atoms with Gasteiger partial charge in [0.25, 0.3) is 0 Å². The third kappa shape index (κ3) is 6.78. The predicted molar refractivity (Wildman–Crippen MR) is 71.4 cm³/mol. The van der Waals surface area contributed by atoms with Crippen molar-refractivity contribution >= 4 is 6.21 Å². The van der Waals surface area contributed by atoms with E-state index in [1.165, 1.54) is 31.5 Å². The molecule has 116 valence electrons. The van der Waals surface area contributed by atoms with Crippen molar-refractivity contribution in [2.45, 2.75) is 19.5 Å². The van der Waals surface area contributed by atoms with E-state index < -0.39 is 18.4 Å². The molecule has 1 aromatic carbocycles. The van der Waals surface area contributed by atoms with E-state index in [0.29, 0.717) is 5.76 Å². The summed E-state index contributed by atoms with van der Waals surface area (Å²) in [6, 6.07) is 4.08. The van der Waals surface area contributed by atoms with E-state index in [4.69, 9.17) is 9.47 Å². The molecule has 0 atom stereocenters. The first-order chi connectivity index (χ1) is 9.81. The van der Waals surface area contributed by atoms with Crippen molar-refractivity contribution in [3.8, 4) is 11.5 Å². The van der Waals surface area contributed by atoms with Crippen LogP contribution in [0.5, 0.6) is 11.5 Å². The van der Waals surface area contributed by atoms with Crippen LogP contribution in [0.4, 0.5) is 17.6 Å². The second-order valence-corrected chi connectivity index (χ2v) is 4.10. The van der Waals surface area contributed by atoms with Gasteiger partial charge in [-0.25, -0.2) is 4.39 Å². The fourth-order valence-corrected chi connectivity index (χ4v) is 1.35. The summed E-state index contributed by atoms with van der Waals surface area (Å²) in [4.78, 5) is 3.59. The first-order valence-corrected chi connectivity index (χ1v) is 6.06. The molecule has 0 amide bonds. The smallest absolute Gasteiger partial charge is 0.390 e. The summed E-state index contributed by atoms with van der Waals surface area (Å²) in [5, 5.41) is 0. The molecule has 0 saturated heterocycles. The molecule has 0 N–H and O–H groups in total. The average molecular weight is 305 g/mol. The minimum atomic E-state index is -4.22. The summed E-state index contributed by atoms with van der Waals surface area (Å²) in [7, 11) is 1.35. The molecule has 0 spiro atoms. The monoisotopic (exact) mass is 305 g/mol. The Bertz CT molecular complexity index is 524. The second-order valence-electron chi connectivity index (χ2n) is 4.10. The maximum absolute atomic E-state index is 13.4. The number of ether oxygens (including phenoxy) is 2. The van der Waals surface area contributed by atoms with Crippen molar-refractivity contribution in [2.75, 3.05) is 13.7 Å². The summed E-state index contributed by atoms with van der Waals surface area (Å²) >= 11 is 0. The van der Waals surface area contributed by atoms with Crippen molar-refractivity contribution in [3.05, 3.63) is 35.9 Å². The predicted octanol–water partition coefficient (Wildman–Crippen LogP) is 4.14. The molecule has 0 aliphatic carbocycles. The highest BCUT2D eigenvalue weighted by Gasteiger charge is 2.25. The number of alkyl halides is 3. The Kier molecular flexibility index (Phi) is 6.20. The van der Waals surface area contributed by atoms with Crippen LogP contribution < -0.4 is 9.47 Å². The third-order valence-corrected chi connectivity index (χ3v) is 2.34. The minimum Gasteiger partial charge on any atom is -0.494 e. The van der Waals surface area contributed by atoms with Gasteiger partial charge in [-0.15, -0.1) is 0 Å². The van der Waals surface area contributed by atoms with Gasteiger partial charge in [0.15, 0.2) is 11.6 Å². The quantitative estimate of drug-likeness (QED) is 0.449. The summed E-state index contributed by atoms with van der Waals surface area (Å²) in [5.74, 6) is 0.153. The van der Waals surface area contributed by atoms with Gasteiger partial charge in [0.2, 0.25) is 0 Å². The SMILES string of the molecule is COc1ccc(O/C(C)=C/C=NCCC(F)(F)F)cc1F. The van der Waals surface area contributed by atoms with Gasteiger partial charge in [0.1, 0.15) is 11.5 Å². The molecule has 0 heterocycles. The van der Waals surface area contributed by atoms with Crippen LogP contribution in [0.3, 0.4) is 0 Å². The molecular weight excluding hydrogens is 290 g/mol. The molecular formula is C14H15F4NO2. The Morgan fingerprint density at radius 1 is 1.33 bits per heavy atom. The lowest BCUT2D eigenvalue weighted by atomic mass is 10.3. The first-order valence-electron chi connectivity index (χ1n) is 6.06. The highest BCUT2D eigenvalue weighted by Crippen LogP contribution is 2.23. The maximum Gasteiger partial charge on any atom is 0.390 e. The molecule has 0 unspecified atom stereocenters. The van der Waals surface area contributed by atoms with E-state index in [-0.39, 0.29) is 18.0 Å². The van der Waals surface area contributed by atoms with E-state index in [1.54, 1.807) is 6.92 Å². The van der Waals surface area contributed by atoms with Crippen LogP contribution in [-0.4, -0.2) is 26.0 Å². The summed E-state index contributed by atoms with van der Waals surface area (Å²) in [5.41, 5.74) is 0. The Hall–Kier alpha value is -2.05. The van der Waals surface area contributed by atoms with Gasteiger partial charge in [-0.3, -0.25) is 4.99 Å². The van der Waals surface area contributed by atoms with Crippen LogP contribution in [0, 0.1) is 5.82 Å². The molecule has 0 aliphatic rings. The van der Waals surface area contributed by atoms with Crippen LogP contribution in [0.25, 0.3) is 0 Å².